The third-order valence-corrected chi connectivity index (χ3v) is 2.93. The van der Waals surface area contributed by atoms with Gasteiger partial charge in [-0.2, -0.15) is 0 Å². The second kappa shape index (κ2) is 3.66. The van der Waals surface area contributed by atoms with Crippen LogP contribution in [0.4, 0.5) is 0 Å². The first-order valence-corrected chi connectivity index (χ1v) is 5.55. The number of aromatic nitrogens is 2. The Kier molecular flexibility index (Phi) is 2.18. The van der Waals surface area contributed by atoms with Crippen LogP contribution in [0, 0.1) is 5.92 Å². The molecule has 1 N–H and O–H groups in total. The summed E-state index contributed by atoms with van der Waals surface area (Å²) < 4.78 is 2.14. The van der Waals surface area contributed by atoms with Crippen molar-refractivity contribution in [3.8, 4) is 0 Å². The lowest BCUT2D eigenvalue weighted by Crippen LogP contribution is -2.17. The second-order valence-corrected chi connectivity index (χ2v) is 4.25. The highest BCUT2D eigenvalue weighted by molar-refractivity contribution is 5.39. The molecule has 15 heavy (non-hydrogen) atoms. The first kappa shape index (κ1) is 8.92. The average Bonchev–Trinajstić information content (AvgIpc) is 3.00. The van der Waals surface area contributed by atoms with Gasteiger partial charge >= 0.3 is 0 Å². The zero-order valence-corrected chi connectivity index (χ0v) is 8.69. The van der Waals surface area contributed by atoms with E-state index < -0.39 is 0 Å². The number of hydrogen-bond acceptors (Lipinski definition) is 2. The third kappa shape index (κ3) is 1.88. The van der Waals surface area contributed by atoms with Crippen LogP contribution in [0.3, 0.4) is 0 Å². The van der Waals surface area contributed by atoms with Crippen molar-refractivity contribution in [2.45, 2.75) is 19.4 Å². The van der Waals surface area contributed by atoms with Crippen LogP contribution in [0.1, 0.15) is 18.5 Å². The van der Waals surface area contributed by atoms with Crippen LogP contribution in [-0.4, -0.2) is 15.9 Å². The lowest BCUT2D eigenvalue weighted by atomic mass is 10.4. The topological polar surface area (TPSA) is 29.3 Å². The van der Waals surface area contributed by atoms with Crippen LogP contribution in [0.25, 0.3) is 5.65 Å². The van der Waals surface area contributed by atoms with Crippen molar-refractivity contribution in [1.29, 1.82) is 0 Å². The summed E-state index contributed by atoms with van der Waals surface area (Å²) in [5.74, 6) is 0.934. The number of nitrogens with one attached hydrogen (secondary N) is 1. The van der Waals surface area contributed by atoms with Crippen molar-refractivity contribution in [2.75, 3.05) is 6.54 Å². The molecule has 2 heterocycles. The van der Waals surface area contributed by atoms with Gasteiger partial charge in [-0.25, -0.2) is 4.98 Å². The standard InChI is InChI=1S/C12H15N3/c1-2-6-15-11(9-14-12(15)3-1)8-13-7-10-4-5-10/h1-3,6,9-10,13H,4-5,7-8H2. The fourth-order valence-corrected chi connectivity index (χ4v) is 1.84. The van der Waals surface area contributed by atoms with E-state index in [1.807, 2.05) is 24.4 Å². The van der Waals surface area contributed by atoms with Gasteiger partial charge in [0.05, 0.1) is 11.9 Å². The van der Waals surface area contributed by atoms with Gasteiger partial charge in [0.1, 0.15) is 5.65 Å². The Morgan fingerprint density at radius 2 is 2.33 bits per heavy atom. The van der Waals surface area contributed by atoms with Crippen molar-refractivity contribution in [3.05, 3.63) is 36.3 Å². The predicted molar refractivity (Wildman–Crippen MR) is 59.6 cm³/mol. The quantitative estimate of drug-likeness (QED) is 0.817. The fourth-order valence-electron chi connectivity index (χ4n) is 1.84. The SMILES string of the molecule is c1ccn2c(CNCC3CC3)cnc2c1. The molecular formula is C12H15N3. The molecule has 0 aliphatic heterocycles. The molecule has 1 saturated carbocycles. The minimum absolute atomic E-state index is 0.918. The molecular weight excluding hydrogens is 186 g/mol. The summed E-state index contributed by atoms with van der Waals surface area (Å²) in [4.78, 5) is 4.36. The van der Waals surface area contributed by atoms with E-state index in [2.05, 4.69) is 20.9 Å². The Morgan fingerprint density at radius 3 is 3.20 bits per heavy atom. The highest BCUT2D eigenvalue weighted by Gasteiger charge is 2.20. The van der Waals surface area contributed by atoms with Crippen LogP contribution in [0.5, 0.6) is 0 Å². The van der Waals surface area contributed by atoms with Gasteiger partial charge < -0.3 is 9.72 Å². The van der Waals surface area contributed by atoms with E-state index in [1.165, 1.54) is 18.5 Å². The van der Waals surface area contributed by atoms with E-state index in [4.69, 9.17) is 0 Å². The van der Waals surface area contributed by atoms with E-state index in [0.29, 0.717) is 0 Å². The Hall–Kier alpha value is -1.35. The first-order chi connectivity index (χ1) is 7.43. The van der Waals surface area contributed by atoms with Crippen LogP contribution < -0.4 is 5.32 Å². The number of pyridine rings is 1. The molecule has 0 aromatic carbocycles. The van der Waals surface area contributed by atoms with Gasteiger partial charge in [-0.3, -0.25) is 0 Å². The van der Waals surface area contributed by atoms with E-state index in [1.54, 1.807) is 0 Å². The van der Waals surface area contributed by atoms with Crippen molar-refractivity contribution in [1.82, 2.24) is 14.7 Å². The van der Waals surface area contributed by atoms with E-state index in [9.17, 15) is 0 Å². The molecule has 0 bridgehead atoms. The summed E-state index contributed by atoms with van der Waals surface area (Å²) >= 11 is 0. The van der Waals surface area contributed by atoms with Gasteiger partial charge in [-0.05, 0) is 37.4 Å². The maximum atomic E-state index is 4.36. The molecule has 0 saturated heterocycles. The minimum atomic E-state index is 0.918. The molecule has 0 atom stereocenters. The van der Waals surface area contributed by atoms with Gasteiger partial charge in [0.2, 0.25) is 0 Å². The van der Waals surface area contributed by atoms with Crippen LogP contribution in [0.2, 0.25) is 0 Å². The van der Waals surface area contributed by atoms with Crippen molar-refractivity contribution >= 4 is 5.65 Å². The van der Waals surface area contributed by atoms with Gasteiger partial charge in [0, 0.05) is 12.7 Å². The normalized spacial score (nSPS) is 16.0. The van der Waals surface area contributed by atoms with E-state index in [-0.39, 0.29) is 0 Å². The summed E-state index contributed by atoms with van der Waals surface area (Å²) in [6.45, 7) is 2.07. The minimum Gasteiger partial charge on any atom is -0.311 e. The molecule has 0 radical (unpaired) electrons. The Bertz CT molecular complexity index is 457. The lowest BCUT2D eigenvalue weighted by Gasteiger charge is -2.03. The predicted octanol–water partition coefficient (Wildman–Crippen LogP) is 1.83. The van der Waals surface area contributed by atoms with Gasteiger partial charge in [0.25, 0.3) is 0 Å². The molecule has 2 aromatic heterocycles. The highest BCUT2D eigenvalue weighted by Crippen LogP contribution is 2.27. The first-order valence-electron chi connectivity index (χ1n) is 5.55. The van der Waals surface area contributed by atoms with Crippen LogP contribution >= 0.6 is 0 Å². The molecule has 3 nitrogen and oxygen atoms in total. The number of imidazole rings is 1. The smallest absolute Gasteiger partial charge is 0.136 e. The fraction of sp³-hybridized carbons (Fsp3) is 0.417. The number of rotatable bonds is 4. The molecule has 1 aliphatic rings. The second-order valence-electron chi connectivity index (χ2n) is 4.25. The summed E-state index contributed by atoms with van der Waals surface area (Å²) in [5, 5.41) is 3.48. The largest absolute Gasteiger partial charge is 0.311 e. The molecule has 3 heteroatoms. The lowest BCUT2D eigenvalue weighted by molar-refractivity contribution is 0.627. The summed E-state index contributed by atoms with van der Waals surface area (Å²) in [6, 6.07) is 6.09. The summed E-state index contributed by atoms with van der Waals surface area (Å²) in [6.07, 6.45) is 6.83. The van der Waals surface area contributed by atoms with Crippen molar-refractivity contribution < 1.29 is 0 Å². The van der Waals surface area contributed by atoms with Gasteiger partial charge in [-0.1, -0.05) is 6.07 Å². The van der Waals surface area contributed by atoms with E-state index >= 15 is 0 Å². The summed E-state index contributed by atoms with van der Waals surface area (Å²) in [5.41, 5.74) is 2.27. The zero-order valence-electron chi connectivity index (χ0n) is 8.69. The molecule has 3 rings (SSSR count). The highest BCUT2D eigenvalue weighted by atomic mass is 15.0. The molecule has 78 valence electrons. The molecule has 0 amide bonds. The van der Waals surface area contributed by atoms with E-state index in [0.717, 1.165) is 24.7 Å². The van der Waals surface area contributed by atoms with Crippen LogP contribution in [0.15, 0.2) is 30.6 Å². The molecule has 0 unspecified atom stereocenters. The maximum Gasteiger partial charge on any atom is 0.136 e. The maximum absolute atomic E-state index is 4.36. The number of fused-ring (bicyclic) bond motifs is 1. The Morgan fingerprint density at radius 1 is 1.40 bits per heavy atom. The average molecular weight is 201 g/mol. The Balaban J connectivity index is 1.72. The molecule has 1 aliphatic carbocycles. The van der Waals surface area contributed by atoms with Gasteiger partial charge in [0.15, 0.2) is 0 Å². The van der Waals surface area contributed by atoms with Crippen molar-refractivity contribution in [3.63, 3.8) is 0 Å². The monoisotopic (exact) mass is 201 g/mol. The Labute approximate surface area is 89.1 Å². The molecule has 1 fully saturated rings. The summed E-state index contributed by atoms with van der Waals surface area (Å²) in [7, 11) is 0. The zero-order chi connectivity index (χ0) is 10.1. The number of hydrogen-bond donors (Lipinski definition) is 1. The van der Waals surface area contributed by atoms with Crippen LogP contribution in [-0.2, 0) is 6.54 Å². The number of nitrogens with zero attached hydrogens (tertiary/aromatic N) is 2. The van der Waals surface area contributed by atoms with Gasteiger partial charge in [-0.15, -0.1) is 0 Å². The molecule has 2 aromatic rings. The third-order valence-electron chi connectivity index (χ3n) is 2.93. The molecule has 0 spiro atoms. The van der Waals surface area contributed by atoms with Crippen molar-refractivity contribution in [2.24, 2.45) is 5.92 Å².